The molecule has 1 fully saturated rings. The summed E-state index contributed by atoms with van der Waals surface area (Å²) in [7, 11) is 0. The number of nitrogens with one attached hydrogen (secondary N) is 1. The second-order valence-electron chi connectivity index (χ2n) is 7.91. The van der Waals surface area contributed by atoms with E-state index < -0.39 is 0 Å². The van der Waals surface area contributed by atoms with E-state index >= 15 is 0 Å². The number of carbonyl (C=O) groups is 2. The van der Waals surface area contributed by atoms with Crippen LogP contribution in [0.4, 0.5) is 0 Å². The van der Waals surface area contributed by atoms with Gasteiger partial charge >= 0.3 is 0 Å². The first-order valence-electron chi connectivity index (χ1n) is 10.4. The number of fused-ring (bicyclic) bond motifs is 1. The summed E-state index contributed by atoms with van der Waals surface area (Å²) in [5.74, 6) is 1.07. The normalized spacial score (nSPS) is 17.8. The van der Waals surface area contributed by atoms with Gasteiger partial charge in [0, 0.05) is 25.1 Å². The number of rotatable bonds is 5. The first-order valence-corrected chi connectivity index (χ1v) is 11.3. The fraction of sp³-hybridized carbons (Fsp3) is 0.478. The molecule has 1 aromatic carbocycles. The Morgan fingerprint density at radius 1 is 1.07 bits per heavy atom. The number of thiophene rings is 1. The summed E-state index contributed by atoms with van der Waals surface area (Å²) in [5, 5.41) is 5.33. The highest BCUT2D eigenvalue weighted by Gasteiger charge is 2.21. The van der Waals surface area contributed by atoms with Crippen LogP contribution < -0.4 is 5.32 Å². The van der Waals surface area contributed by atoms with Crippen molar-refractivity contribution in [2.45, 2.75) is 38.5 Å². The summed E-state index contributed by atoms with van der Waals surface area (Å²) < 4.78 is 0. The van der Waals surface area contributed by atoms with Gasteiger partial charge in [0.1, 0.15) is 0 Å². The quantitative estimate of drug-likeness (QED) is 0.779. The third kappa shape index (κ3) is 4.53. The van der Waals surface area contributed by atoms with Crippen LogP contribution in [0, 0.1) is 5.92 Å². The summed E-state index contributed by atoms with van der Waals surface area (Å²) in [5.41, 5.74) is 3.34. The first kappa shape index (κ1) is 19.3. The van der Waals surface area contributed by atoms with E-state index in [1.165, 1.54) is 35.3 Å². The van der Waals surface area contributed by atoms with Crippen molar-refractivity contribution in [3.05, 3.63) is 57.3 Å². The summed E-state index contributed by atoms with van der Waals surface area (Å²) in [6, 6.07) is 9.99. The molecule has 1 saturated heterocycles. The van der Waals surface area contributed by atoms with E-state index in [1.54, 1.807) is 0 Å². The Morgan fingerprint density at radius 2 is 1.86 bits per heavy atom. The average molecular weight is 397 g/mol. The molecule has 148 valence electrons. The summed E-state index contributed by atoms with van der Waals surface area (Å²) in [6.45, 7) is 3.62. The van der Waals surface area contributed by atoms with Gasteiger partial charge in [-0.3, -0.25) is 9.59 Å². The van der Waals surface area contributed by atoms with Crippen molar-refractivity contribution in [3.8, 4) is 0 Å². The lowest BCUT2D eigenvalue weighted by molar-refractivity contribution is 0.0767. The molecule has 3 heterocycles. The van der Waals surface area contributed by atoms with Crippen molar-refractivity contribution in [1.29, 1.82) is 0 Å². The molecular weight excluding hydrogens is 368 g/mol. The topological polar surface area (TPSA) is 49.4 Å². The van der Waals surface area contributed by atoms with Gasteiger partial charge < -0.3 is 10.2 Å². The Morgan fingerprint density at radius 3 is 2.61 bits per heavy atom. The Bertz CT molecular complexity index is 825. The predicted molar refractivity (Wildman–Crippen MR) is 113 cm³/mol. The minimum atomic E-state index is 0.126. The minimum Gasteiger partial charge on any atom is -0.337 e. The number of benzene rings is 1. The third-order valence-electron chi connectivity index (χ3n) is 6.09. The van der Waals surface area contributed by atoms with Gasteiger partial charge in [-0.2, -0.15) is 0 Å². The highest BCUT2D eigenvalue weighted by atomic mass is 32.1. The Balaban J connectivity index is 1.38. The number of Topliss-reactive ketones (excluding diaryl/α,β-unsaturated/α-hetero) is 1. The molecule has 0 bridgehead atoms. The van der Waals surface area contributed by atoms with Crippen molar-refractivity contribution in [2.24, 2.45) is 5.92 Å². The molecule has 2 aliphatic heterocycles. The highest BCUT2D eigenvalue weighted by molar-refractivity contribution is 7.12. The lowest BCUT2D eigenvalue weighted by Crippen LogP contribution is -2.32. The maximum absolute atomic E-state index is 12.7. The predicted octanol–water partition coefficient (Wildman–Crippen LogP) is 3.95. The number of hydrogen-bond donors (Lipinski definition) is 1. The summed E-state index contributed by atoms with van der Waals surface area (Å²) in [6.07, 6.45) is 5.70. The fourth-order valence-electron chi connectivity index (χ4n) is 4.31. The van der Waals surface area contributed by atoms with Crippen molar-refractivity contribution >= 4 is 23.0 Å². The molecule has 0 unspecified atom stereocenters. The van der Waals surface area contributed by atoms with Gasteiger partial charge in [-0.25, -0.2) is 0 Å². The largest absolute Gasteiger partial charge is 0.337 e. The van der Waals surface area contributed by atoms with Gasteiger partial charge in [0.15, 0.2) is 5.78 Å². The Labute approximate surface area is 170 Å². The Hall–Kier alpha value is -1.98. The van der Waals surface area contributed by atoms with E-state index in [9.17, 15) is 9.59 Å². The number of nitrogens with zero attached hydrogens (tertiary/aromatic N) is 1. The zero-order valence-corrected chi connectivity index (χ0v) is 17.1. The van der Waals surface area contributed by atoms with Crippen molar-refractivity contribution in [1.82, 2.24) is 10.2 Å². The second kappa shape index (κ2) is 9.01. The van der Waals surface area contributed by atoms with E-state index in [0.29, 0.717) is 12.3 Å². The fourth-order valence-corrected chi connectivity index (χ4v) is 5.00. The van der Waals surface area contributed by atoms with Crippen molar-refractivity contribution < 1.29 is 9.59 Å². The highest BCUT2D eigenvalue weighted by Crippen LogP contribution is 2.23. The van der Waals surface area contributed by atoms with E-state index in [0.717, 1.165) is 55.9 Å². The molecule has 2 aliphatic rings. The number of amides is 1. The molecule has 28 heavy (non-hydrogen) atoms. The van der Waals surface area contributed by atoms with Crippen molar-refractivity contribution in [2.75, 3.05) is 26.2 Å². The zero-order chi connectivity index (χ0) is 19.3. The monoisotopic (exact) mass is 396 g/mol. The molecule has 0 radical (unpaired) electrons. The molecule has 0 atom stereocenters. The molecule has 2 aromatic rings. The van der Waals surface area contributed by atoms with Crippen LogP contribution in [-0.4, -0.2) is 42.8 Å². The number of hydrogen-bond acceptors (Lipinski definition) is 4. The SMILES string of the molecule is O=C(CCC1CCNCC1)c1ccc2c(c1)CCN(C(=O)c1cccs1)CC2. The van der Waals surface area contributed by atoms with Crippen LogP contribution in [-0.2, 0) is 12.8 Å². The maximum Gasteiger partial charge on any atom is 0.263 e. The number of piperidine rings is 1. The van der Waals surface area contributed by atoms with E-state index in [1.807, 2.05) is 28.5 Å². The zero-order valence-electron chi connectivity index (χ0n) is 16.3. The Kier molecular flexibility index (Phi) is 6.23. The number of ketones is 1. The smallest absolute Gasteiger partial charge is 0.263 e. The molecule has 0 saturated carbocycles. The molecule has 1 amide bonds. The molecule has 5 heteroatoms. The standard InChI is InChI=1S/C23H28N2O2S/c26-21(6-3-17-7-11-24-12-8-17)20-5-4-18-9-13-25(14-10-19(18)16-20)23(27)22-2-1-15-28-22/h1-2,4-5,15-17,24H,3,6-14H2. The van der Waals surface area contributed by atoms with Crippen LogP contribution in [0.3, 0.4) is 0 Å². The van der Waals surface area contributed by atoms with Crippen LogP contribution in [0.5, 0.6) is 0 Å². The number of carbonyl (C=O) groups excluding carboxylic acids is 2. The van der Waals surface area contributed by atoms with Gasteiger partial charge in [0.25, 0.3) is 5.91 Å². The molecule has 0 aliphatic carbocycles. The second-order valence-corrected chi connectivity index (χ2v) is 8.86. The molecular formula is C23H28N2O2S. The minimum absolute atomic E-state index is 0.126. The van der Waals surface area contributed by atoms with Crippen molar-refractivity contribution in [3.63, 3.8) is 0 Å². The van der Waals surface area contributed by atoms with Crippen LogP contribution in [0.1, 0.15) is 56.8 Å². The van der Waals surface area contributed by atoms with Gasteiger partial charge in [-0.05, 0) is 79.8 Å². The van der Waals surface area contributed by atoms with Gasteiger partial charge in [-0.15, -0.1) is 11.3 Å². The lowest BCUT2D eigenvalue weighted by Gasteiger charge is -2.22. The summed E-state index contributed by atoms with van der Waals surface area (Å²) >= 11 is 1.50. The molecule has 4 nitrogen and oxygen atoms in total. The average Bonchev–Trinajstić information content (AvgIpc) is 3.19. The van der Waals surface area contributed by atoms with Gasteiger partial charge in [0.05, 0.1) is 4.88 Å². The maximum atomic E-state index is 12.7. The first-order chi connectivity index (χ1) is 13.7. The summed E-state index contributed by atoms with van der Waals surface area (Å²) in [4.78, 5) is 28.1. The molecule has 4 rings (SSSR count). The van der Waals surface area contributed by atoms with E-state index in [4.69, 9.17) is 0 Å². The van der Waals surface area contributed by atoms with Gasteiger partial charge in [-0.1, -0.05) is 18.2 Å². The van der Waals surface area contributed by atoms with Crippen LogP contribution >= 0.6 is 11.3 Å². The molecule has 1 aromatic heterocycles. The van der Waals surface area contributed by atoms with Crippen LogP contribution in [0.2, 0.25) is 0 Å². The lowest BCUT2D eigenvalue weighted by atomic mass is 9.90. The van der Waals surface area contributed by atoms with E-state index in [-0.39, 0.29) is 11.7 Å². The van der Waals surface area contributed by atoms with Crippen LogP contribution in [0.15, 0.2) is 35.7 Å². The van der Waals surface area contributed by atoms with Gasteiger partial charge in [0.2, 0.25) is 0 Å². The molecule has 1 N–H and O–H groups in total. The molecule has 0 spiro atoms. The van der Waals surface area contributed by atoms with E-state index in [2.05, 4.69) is 17.4 Å². The van der Waals surface area contributed by atoms with Crippen LogP contribution in [0.25, 0.3) is 0 Å². The third-order valence-corrected chi connectivity index (χ3v) is 6.95.